The molecule has 0 aliphatic rings. The van der Waals surface area contributed by atoms with E-state index in [9.17, 15) is 0 Å². The van der Waals surface area contributed by atoms with Gasteiger partial charge in [0.05, 0.1) is 17.6 Å². The number of aromatic amines is 1. The molecule has 5 heteroatoms. The van der Waals surface area contributed by atoms with Crippen molar-refractivity contribution in [2.75, 3.05) is 18.1 Å². The number of benzene rings is 2. The second-order valence-electron chi connectivity index (χ2n) is 4.33. The van der Waals surface area contributed by atoms with Crippen LogP contribution in [0.3, 0.4) is 0 Å². The van der Waals surface area contributed by atoms with E-state index in [4.69, 9.17) is 10.5 Å². The molecule has 20 heavy (non-hydrogen) atoms. The molecule has 2 aromatic carbocycles. The number of hydrogen-bond acceptors (Lipinski definition) is 4. The predicted molar refractivity (Wildman–Crippen MR) is 83.2 cm³/mol. The summed E-state index contributed by atoms with van der Waals surface area (Å²) < 4.78 is 5.64. The van der Waals surface area contributed by atoms with E-state index in [1.807, 2.05) is 48.5 Å². The molecular formula is C15H15N3OS. The number of hydrogen-bond donors (Lipinski definition) is 2. The van der Waals surface area contributed by atoms with Gasteiger partial charge in [-0.15, -0.1) is 0 Å². The van der Waals surface area contributed by atoms with Crippen LogP contribution in [0.4, 0.5) is 5.69 Å². The number of fused-ring (bicyclic) bond motifs is 1. The first-order valence-corrected chi connectivity index (χ1v) is 7.36. The second-order valence-corrected chi connectivity index (χ2v) is 5.41. The smallest absolute Gasteiger partial charge is 0.166 e. The highest BCUT2D eigenvalue weighted by Gasteiger charge is 2.02. The molecule has 0 fully saturated rings. The van der Waals surface area contributed by atoms with Crippen LogP contribution >= 0.6 is 11.8 Å². The fourth-order valence-corrected chi connectivity index (χ4v) is 2.56. The zero-order chi connectivity index (χ0) is 13.8. The van der Waals surface area contributed by atoms with Gasteiger partial charge in [-0.25, -0.2) is 4.98 Å². The number of imidazole rings is 1. The zero-order valence-electron chi connectivity index (χ0n) is 10.9. The van der Waals surface area contributed by atoms with E-state index in [-0.39, 0.29) is 0 Å². The Morgan fingerprint density at radius 1 is 1.10 bits per heavy atom. The minimum absolute atomic E-state index is 0.631. The molecule has 0 spiro atoms. The Morgan fingerprint density at radius 2 is 1.90 bits per heavy atom. The molecule has 0 radical (unpaired) electrons. The summed E-state index contributed by atoms with van der Waals surface area (Å²) >= 11 is 1.65. The lowest BCUT2D eigenvalue weighted by Crippen LogP contribution is -2.00. The average molecular weight is 285 g/mol. The van der Waals surface area contributed by atoms with Crippen molar-refractivity contribution in [2.24, 2.45) is 0 Å². The van der Waals surface area contributed by atoms with Gasteiger partial charge in [0.1, 0.15) is 5.75 Å². The second kappa shape index (κ2) is 5.88. The van der Waals surface area contributed by atoms with Crippen molar-refractivity contribution in [3.05, 3.63) is 48.5 Å². The molecule has 1 heterocycles. The number of aromatic nitrogens is 2. The van der Waals surface area contributed by atoms with Crippen LogP contribution in [0, 0.1) is 0 Å². The van der Waals surface area contributed by atoms with Crippen molar-refractivity contribution in [1.29, 1.82) is 0 Å². The van der Waals surface area contributed by atoms with Crippen LogP contribution in [0.2, 0.25) is 0 Å². The molecule has 1 aromatic heterocycles. The summed E-state index contributed by atoms with van der Waals surface area (Å²) in [7, 11) is 0. The molecule has 3 aromatic rings. The zero-order valence-corrected chi connectivity index (χ0v) is 11.7. The Bertz CT molecular complexity index is 661. The molecule has 0 bridgehead atoms. The predicted octanol–water partition coefficient (Wildman–Crippen LogP) is 3.32. The van der Waals surface area contributed by atoms with Crippen molar-refractivity contribution < 1.29 is 4.74 Å². The van der Waals surface area contributed by atoms with Crippen LogP contribution in [-0.2, 0) is 0 Å². The van der Waals surface area contributed by atoms with Crippen molar-refractivity contribution >= 4 is 28.5 Å². The number of nitrogen functional groups attached to an aromatic ring is 1. The van der Waals surface area contributed by atoms with Crippen LogP contribution < -0.4 is 10.5 Å². The van der Waals surface area contributed by atoms with E-state index in [0.29, 0.717) is 6.61 Å². The summed E-state index contributed by atoms with van der Waals surface area (Å²) in [5.74, 6) is 1.67. The van der Waals surface area contributed by atoms with Crippen LogP contribution in [0.5, 0.6) is 5.75 Å². The SMILES string of the molecule is Nc1ccc(OCCSc2nc3ccccc3[nH]2)cc1. The monoisotopic (exact) mass is 285 g/mol. The lowest BCUT2D eigenvalue weighted by atomic mass is 10.3. The third-order valence-electron chi connectivity index (χ3n) is 2.84. The number of nitrogens with zero attached hydrogens (tertiary/aromatic N) is 1. The number of ether oxygens (including phenoxy) is 1. The van der Waals surface area contributed by atoms with Gasteiger partial charge in [0.2, 0.25) is 0 Å². The lowest BCUT2D eigenvalue weighted by Gasteiger charge is -2.05. The normalized spacial score (nSPS) is 10.8. The summed E-state index contributed by atoms with van der Waals surface area (Å²) in [4.78, 5) is 7.79. The molecule has 0 saturated carbocycles. The number of rotatable bonds is 5. The number of H-pyrrole nitrogens is 1. The quantitative estimate of drug-likeness (QED) is 0.429. The highest BCUT2D eigenvalue weighted by Crippen LogP contribution is 2.19. The Morgan fingerprint density at radius 3 is 2.70 bits per heavy atom. The van der Waals surface area contributed by atoms with Crippen LogP contribution in [0.25, 0.3) is 11.0 Å². The van der Waals surface area contributed by atoms with Crippen LogP contribution in [0.1, 0.15) is 0 Å². The van der Waals surface area contributed by atoms with Crippen LogP contribution in [0.15, 0.2) is 53.7 Å². The van der Waals surface area contributed by atoms with E-state index < -0.39 is 0 Å². The maximum absolute atomic E-state index is 5.64. The Kier molecular flexibility index (Phi) is 3.78. The summed E-state index contributed by atoms with van der Waals surface area (Å²) in [5.41, 5.74) is 8.43. The summed E-state index contributed by atoms with van der Waals surface area (Å²) in [6, 6.07) is 15.4. The van der Waals surface area contributed by atoms with E-state index in [2.05, 4.69) is 9.97 Å². The molecule has 0 atom stereocenters. The largest absolute Gasteiger partial charge is 0.493 e. The molecule has 0 unspecified atom stereocenters. The Hall–Kier alpha value is -2.14. The summed E-state index contributed by atoms with van der Waals surface area (Å²) in [6.07, 6.45) is 0. The average Bonchev–Trinajstić information content (AvgIpc) is 2.88. The Labute approximate surface area is 121 Å². The highest BCUT2D eigenvalue weighted by atomic mass is 32.2. The van der Waals surface area contributed by atoms with E-state index in [0.717, 1.165) is 33.4 Å². The maximum Gasteiger partial charge on any atom is 0.166 e. The van der Waals surface area contributed by atoms with Crippen molar-refractivity contribution in [3.63, 3.8) is 0 Å². The Balaban J connectivity index is 1.51. The standard InChI is InChI=1S/C15H15N3OS/c16-11-5-7-12(8-6-11)19-9-10-20-15-17-13-3-1-2-4-14(13)18-15/h1-8H,9-10,16H2,(H,17,18). The molecular weight excluding hydrogens is 270 g/mol. The number of para-hydroxylation sites is 2. The molecule has 0 aliphatic heterocycles. The van der Waals surface area contributed by atoms with Gasteiger partial charge >= 0.3 is 0 Å². The molecule has 0 amide bonds. The fraction of sp³-hybridized carbons (Fsp3) is 0.133. The van der Waals surface area contributed by atoms with Gasteiger partial charge < -0.3 is 15.5 Å². The van der Waals surface area contributed by atoms with Crippen molar-refractivity contribution in [3.8, 4) is 5.75 Å². The maximum atomic E-state index is 5.64. The fourth-order valence-electron chi connectivity index (χ4n) is 1.86. The third kappa shape index (κ3) is 3.05. The first-order valence-electron chi connectivity index (χ1n) is 6.37. The summed E-state index contributed by atoms with van der Waals surface area (Å²) in [6.45, 7) is 0.631. The number of thioether (sulfide) groups is 1. The van der Waals surface area contributed by atoms with Gasteiger partial charge in [0.25, 0.3) is 0 Å². The molecule has 102 valence electrons. The molecule has 0 aliphatic carbocycles. The minimum Gasteiger partial charge on any atom is -0.493 e. The van der Waals surface area contributed by atoms with Crippen molar-refractivity contribution in [2.45, 2.75) is 5.16 Å². The number of nitrogens with two attached hydrogens (primary N) is 1. The van der Waals surface area contributed by atoms with Gasteiger partial charge in [-0.2, -0.15) is 0 Å². The topological polar surface area (TPSA) is 63.9 Å². The number of anilines is 1. The first kappa shape index (κ1) is 12.9. The van der Waals surface area contributed by atoms with Gasteiger partial charge in [0.15, 0.2) is 5.16 Å². The molecule has 3 rings (SSSR count). The molecule has 4 nitrogen and oxygen atoms in total. The lowest BCUT2D eigenvalue weighted by molar-refractivity contribution is 0.344. The van der Waals surface area contributed by atoms with Gasteiger partial charge in [-0.05, 0) is 36.4 Å². The highest BCUT2D eigenvalue weighted by molar-refractivity contribution is 7.99. The molecule has 3 N–H and O–H groups in total. The summed E-state index contributed by atoms with van der Waals surface area (Å²) in [5, 5.41) is 0.923. The molecule has 0 saturated heterocycles. The first-order chi connectivity index (χ1) is 9.81. The van der Waals surface area contributed by atoms with E-state index >= 15 is 0 Å². The minimum atomic E-state index is 0.631. The van der Waals surface area contributed by atoms with Gasteiger partial charge in [-0.1, -0.05) is 23.9 Å². The third-order valence-corrected chi connectivity index (χ3v) is 3.68. The van der Waals surface area contributed by atoms with E-state index in [1.165, 1.54) is 0 Å². The van der Waals surface area contributed by atoms with Crippen molar-refractivity contribution in [1.82, 2.24) is 9.97 Å². The van der Waals surface area contributed by atoms with Crippen LogP contribution in [-0.4, -0.2) is 22.3 Å². The van der Waals surface area contributed by atoms with Gasteiger partial charge in [0, 0.05) is 11.4 Å². The number of nitrogens with one attached hydrogen (secondary N) is 1. The van der Waals surface area contributed by atoms with Gasteiger partial charge in [-0.3, -0.25) is 0 Å². The van der Waals surface area contributed by atoms with E-state index in [1.54, 1.807) is 11.8 Å².